The first-order valence-corrected chi connectivity index (χ1v) is 10.2. The normalized spacial score (nSPS) is 11.5. The van der Waals surface area contributed by atoms with Crippen LogP contribution in [0.4, 0.5) is 4.39 Å². The fourth-order valence-corrected chi connectivity index (χ4v) is 3.22. The molecule has 7 heteroatoms. The number of amides is 1. The molecule has 1 heterocycles. The maximum Gasteiger partial charge on any atom is 0.241 e. The molecule has 4 N–H and O–H groups in total. The van der Waals surface area contributed by atoms with Crippen molar-refractivity contribution in [1.82, 2.24) is 20.9 Å². The van der Waals surface area contributed by atoms with Gasteiger partial charge in [-0.3, -0.25) is 4.79 Å². The SMILES string of the molecule is CCNC(=NCC(=O)NCCc1ccccc1)NCCc1c[nH]c2cc(F)ccc12. The molecule has 0 unspecified atom stereocenters. The first-order valence-electron chi connectivity index (χ1n) is 10.2. The Morgan fingerprint density at radius 2 is 1.83 bits per heavy atom. The molecule has 2 aromatic carbocycles. The standard InChI is InChI=1S/C23H28FN5O/c1-2-25-23(29-16-22(30)26-12-10-17-6-4-3-5-7-17)27-13-11-18-15-28-21-14-19(24)8-9-20(18)21/h3-9,14-15,28H,2,10-13,16H2,1H3,(H,26,30)(H2,25,27,29). The van der Waals surface area contributed by atoms with Gasteiger partial charge in [0.2, 0.25) is 5.91 Å². The lowest BCUT2D eigenvalue weighted by molar-refractivity contribution is -0.119. The molecule has 0 spiro atoms. The van der Waals surface area contributed by atoms with E-state index in [1.165, 1.54) is 17.7 Å². The number of H-pyrrole nitrogens is 1. The number of rotatable bonds is 9. The summed E-state index contributed by atoms with van der Waals surface area (Å²) in [6.45, 7) is 3.98. The van der Waals surface area contributed by atoms with Crippen LogP contribution in [0.3, 0.4) is 0 Å². The van der Waals surface area contributed by atoms with Crippen LogP contribution in [0.15, 0.2) is 59.7 Å². The molecule has 0 fully saturated rings. The van der Waals surface area contributed by atoms with Crippen LogP contribution >= 0.6 is 0 Å². The van der Waals surface area contributed by atoms with Crippen molar-refractivity contribution in [3.63, 3.8) is 0 Å². The zero-order valence-corrected chi connectivity index (χ0v) is 17.2. The number of nitrogens with one attached hydrogen (secondary N) is 4. The number of nitrogens with zero attached hydrogens (tertiary/aromatic N) is 1. The lowest BCUT2D eigenvalue weighted by Crippen LogP contribution is -2.39. The highest BCUT2D eigenvalue weighted by Crippen LogP contribution is 2.19. The fourth-order valence-electron chi connectivity index (χ4n) is 3.22. The molecule has 0 bridgehead atoms. The van der Waals surface area contributed by atoms with Crippen LogP contribution in [0.5, 0.6) is 0 Å². The van der Waals surface area contributed by atoms with E-state index in [2.05, 4.69) is 25.9 Å². The van der Waals surface area contributed by atoms with Gasteiger partial charge in [0, 0.05) is 36.7 Å². The summed E-state index contributed by atoms with van der Waals surface area (Å²) in [5.74, 6) is 0.237. The minimum atomic E-state index is -0.252. The zero-order chi connectivity index (χ0) is 21.2. The molecule has 30 heavy (non-hydrogen) atoms. The summed E-state index contributed by atoms with van der Waals surface area (Å²) >= 11 is 0. The van der Waals surface area contributed by atoms with Crippen molar-refractivity contribution < 1.29 is 9.18 Å². The van der Waals surface area contributed by atoms with Crippen LogP contribution in [0.2, 0.25) is 0 Å². The second kappa shape index (κ2) is 11.0. The quantitative estimate of drug-likeness (QED) is 0.324. The Labute approximate surface area is 176 Å². The number of carbonyl (C=O) groups excluding carboxylic acids is 1. The first-order chi connectivity index (χ1) is 14.7. The largest absolute Gasteiger partial charge is 0.361 e. The highest BCUT2D eigenvalue weighted by molar-refractivity contribution is 5.85. The third-order valence-corrected chi connectivity index (χ3v) is 4.72. The van der Waals surface area contributed by atoms with Crippen LogP contribution in [-0.2, 0) is 17.6 Å². The van der Waals surface area contributed by atoms with Crippen LogP contribution in [0.25, 0.3) is 10.9 Å². The summed E-state index contributed by atoms with van der Waals surface area (Å²) in [6, 6.07) is 14.8. The van der Waals surface area contributed by atoms with E-state index in [9.17, 15) is 9.18 Å². The summed E-state index contributed by atoms with van der Waals surface area (Å²) in [5.41, 5.74) is 3.08. The number of hydrogen-bond donors (Lipinski definition) is 4. The number of halogens is 1. The number of guanidine groups is 1. The minimum Gasteiger partial charge on any atom is -0.361 e. The summed E-state index contributed by atoms with van der Waals surface area (Å²) in [7, 11) is 0. The molecule has 0 aliphatic heterocycles. The third-order valence-electron chi connectivity index (χ3n) is 4.72. The maximum atomic E-state index is 13.3. The average molecular weight is 410 g/mol. The summed E-state index contributed by atoms with van der Waals surface area (Å²) in [6.07, 6.45) is 3.44. The Morgan fingerprint density at radius 3 is 2.63 bits per heavy atom. The zero-order valence-electron chi connectivity index (χ0n) is 17.2. The van der Waals surface area contributed by atoms with Crippen molar-refractivity contribution in [2.24, 2.45) is 4.99 Å². The minimum absolute atomic E-state index is 0.0660. The molecule has 0 atom stereocenters. The van der Waals surface area contributed by atoms with Crippen molar-refractivity contribution in [2.75, 3.05) is 26.2 Å². The Bertz CT molecular complexity index is 984. The second-order valence-corrected chi connectivity index (χ2v) is 6.96. The Hall–Kier alpha value is -3.35. The van der Waals surface area contributed by atoms with E-state index in [1.54, 1.807) is 6.07 Å². The van der Waals surface area contributed by atoms with Gasteiger partial charge in [-0.1, -0.05) is 30.3 Å². The summed E-state index contributed by atoms with van der Waals surface area (Å²) in [4.78, 5) is 19.5. The number of aliphatic imine (C=N–C) groups is 1. The molecule has 158 valence electrons. The summed E-state index contributed by atoms with van der Waals surface area (Å²) < 4.78 is 13.3. The van der Waals surface area contributed by atoms with E-state index in [0.717, 1.165) is 29.3 Å². The molecule has 0 saturated heterocycles. The third kappa shape index (κ3) is 6.34. The highest BCUT2D eigenvalue weighted by atomic mass is 19.1. The van der Waals surface area contributed by atoms with Crippen molar-refractivity contribution in [1.29, 1.82) is 0 Å². The lowest BCUT2D eigenvalue weighted by Gasteiger charge is -2.11. The van der Waals surface area contributed by atoms with E-state index in [4.69, 9.17) is 0 Å². The molecule has 3 aromatic rings. The Kier molecular flexibility index (Phi) is 7.83. The van der Waals surface area contributed by atoms with Gasteiger partial charge in [-0.2, -0.15) is 0 Å². The van der Waals surface area contributed by atoms with Gasteiger partial charge < -0.3 is 20.9 Å². The van der Waals surface area contributed by atoms with Gasteiger partial charge in [0.25, 0.3) is 0 Å². The molecular formula is C23H28FN5O. The van der Waals surface area contributed by atoms with E-state index in [1.807, 2.05) is 43.5 Å². The van der Waals surface area contributed by atoms with Crippen molar-refractivity contribution >= 4 is 22.8 Å². The van der Waals surface area contributed by atoms with Crippen LogP contribution in [0.1, 0.15) is 18.1 Å². The van der Waals surface area contributed by atoms with Crippen LogP contribution in [0, 0.1) is 5.82 Å². The fraction of sp³-hybridized carbons (Fsp3) is 0.304. The van der Waals surface area contributed by atoms with Gasteiger partial charge in [0.15, 0.2) is 5.96 Å². The molecule has 0 aliphatic carbocycles. The predicted molar refractivity (Wildman–Crippen MR) is 119 cm³/mol. The second-order valence-electron chi connectivity index (χ2n) is 6.96. The summed E-state index contributed by atoms with van der Waals surface area (Å²) in [5, 5.41) is 10.3. The molecule has 0 saturated carbocycles. The molecule has 0 radical (unpaired) electrons. The van der Waals surface area contributed by atoms with Crippen LogP contribution < -0.4 is 16.0 Å². The molecule has 1 amide bonds. The van der Waals surface area contributed by atoms with Crippen molar-refractivity contribution in [2.45, 2.75) is 19.8 Å². The molecule has 1 aromatic heterocycles. The Balaban J connectivity index is 1.44. The Morgan fingerprint density at radius 1 is 1.03 bits per heavy atom. The maximum absolute atomic E-state index is 13.3. The molecule has 0 aliphatic rings. The number of aromatic amines is 1. The van der Waals surface area contributed by atoms with E-state index in [0.29, 0.717) is 25.6 Å². The predicted octanol–water partition coefficient (Wildman–Crippen LogP) is 2.76. The average Bonchev–Trinajstić information content (AvgIpc) is 3.14. The topological polar surface area (TPSA) is 81.3 Å². The van der Waals surface area contributed by atoms with Crippen molar-refractivity contribution in [3.8, 4) is 0 Å². The van der Waals surface area contributed by atoms with Gasteiger partial charge in [-0.05, 0) is 49.1 Å². The monoisotopic (exact) mass is 409 g/mol. The van der Waals surface area contributed by atoms with Gasteiger partial charge >= 0.3 is 0 Å². The number of fused-ring (bicyclic) bond motifs is 1. The number of aromatic nitrogens is 1. The number of carbonyl (C=O) groups is 1. The van der Waals surface area contributed by atoms with Crippen LogP contribution in [-0.4, -0.2) is 43.0 Å². The van der Waals surface area contributed by atoms with E-state index < -0.39 is 0 Å². The molecule has 6 nitrogen and oxygen atoms in total. The number of benzene rings is 2. The van der Waals surface area contributed by atoms with E-state index >= 15 is 0 Å². The van der Waals surface area contributed by atoms with Crippen molar-refractivity contribution in [3.05, 3.63) is 71.7 Å². The number of hydrogen-bond acceptors (Lipinski definition) is 2. The van der Waals surface area contributed by atoms with Gasteiger partial charge in [0.1, 0.15) is 12.4 Å². The van der Waals surface area contributed by atoms with E-state index in [-0.39, 0.29) is 18.3 Å². The first kappa shape index (κ1) is 21.4. The van der Waals surface area contributed by atoms with Gasteiger partial charge in [-0.15, -0.1) is 0 Å². The van der Waals surface area contributed by atoms with Gasteiger partial charge in [-0.25, -0.2) is 9.38 Å². The lowest BCUT2D eigenvalue weighted by atomic mass is 10.1. The highest BCUT2D eigenvalue weighted by Gasteiger charge is 2.06. The molecule has 3 rings (SSSR count). The van der Waals surface area contributed by atoms with Gasteiger partial charge in [0.05, 0.1) is 0 Å². The molecular weight excluding hydrogens is 381 g/mol. The smallest absolute Gasteiger partial charge is 0.241 e.